The number of rotatable bonds is 6. The summed E-state index contributed by atoms with van der Waals surface area (Å²) in [6.45, 7) is 3.20. The van der Waals surface area contributed by atoms with E-state index in [9.17, 15) is 0 Å². The van der Waals surface area contributed by atoms with E-state index >= 15 is 0 Å². The Morgan fingerprint density at radius 2 is 1.89 bits per heavy atom. The molecule has 0 saturated heterocycles. The molecule has 0 fully saturated rings. The fourth-order valence-corrected chi connectivity index (χ4v) is 3.25. The van der Waals surface area contributed by atoms with Crippen LogP contribution in [-0.2, 0) is 13.2 Å². The molecule has 0 bridgehead atoms. The van der Waals surface area contributed by atoms with E-state index in [2.05, 4.69) is 52.9 Å². The molecule has 27 heavy (non-hydrogen) atoms. The van der Waals surface area contributed by atoms with E-state index in [-0.39, 0.29) is 0 Å². The molecule has 0 atom stereocenters. The van der Waals surface area contributed by atoms with E-state index in [0.29, 0.717) is 17.9 Å². The lowest BCUT2D eigenvalue weighted by Gasteiger charge is -2.16. The van der Waals surface area contributed by atoms with E-state index in [0.717, 1.165) is 16.7 Å². The van der Waals surface area contributed by atoms with Crippen molar-refractivity contribution in [2.24, 2.45) is 0 Å². The summed E-state index contributed by atoms with van der Waals surface area (Å²) in [6.07, 6.45) is 1.63. The van der Waals surface area contributed by atoms with Crippen molar-refractivity contribution in [3.63, 3.8) is 0 Å². The van der Waals surface area contributed by atoms with Crippen molar-refractivity contribution in [2.75, 3.05) is 5.43 Å². The van der Waals surface area contributed by atoms with Gasteiger partial charge in [-0.1, -0.05) is 54.6 Å². The van der Waals surface area contributed by atoms with Crippen molar-refractivity contribution in [3.8, 4) is 5.75 Å². The summed E-state index contributed by atoms with van der Waals surface area (Å²) in [5, 5.41) is 9.02. The highest BCUT2D eigenvalue weighted by Crippen LogP contribution is 2.29. The monoisotopic (exact) mass is 376 g/mol. The maximum absolute atomic E-state index is 6.21. The maximum Gasteiger partial charge on any atom is 0.214 e. The van der Waals surface area contributed by atoms with Gasteiger partial charge in [-0.3, -0.25) is 5.10 Å². The Hall–Kier alpha value is -3.12. The lowest BCUT2D eigenvalue weighted by Crippen LogP contribution is -2.14. The summed E-state index contributed by atoms with van der Waals surface area (Å²) in [4.78, 5) is 0. The molecule has 0 aliphatic heterocycles. The molecule has 4 rings (SSSR count). The van der Waals surface area contributed by atoms with Crippen LogP contribution in [0.3, 0.4) is 0 Å². The third-order valence-corrected chi connectivity index (χ3v) is 4.91. The van der Waals surface area contributed by atoms with Crippen LogP contribution < -0.4 is 10.2 Å². The van der Waals surface area contributed by atoms with E-state index in [4.69, 9.17) is 17.0 Å². The second-order valence-corrected chi connectivity index (χ2v) is 6.73. The molecule has 0 spiro atoms. The van der Waals surface area contributed by atoms with Crippen LogP contribution in [0.2, 0.25) is 0 Å². The van der Waals surface area contributed by atoms with Crippen LogP contribution in [-0.4, -0.2) is 14.9 Å². The molecule has 0 aliphatic carbocycles. The van der Waals surface area contributed by atoms with Crippen LogP contribution >= 0.6 is 12.2 Å². The first-order chi connectivity index (χ1) is 13.2. The molecule has 0 amide bonds. The van der Waals surface area contributed by atoms with Crippen molar-refractivity contribution in [2.45, 2.75) is 20.1 Å². The minimum Gasteiger partial charge on any atom is -0.489 e. The number of ether oxygens (including phenoxy) is 1. The molecule has 5 nitrogen and oxygen atoms in total. The molecule has 1 heterocycles. The molecule has 0 saturated carbocycles. The van der Waals surface area contributed by atoms with Crippen LogP contribution in [0.5, 0.6) is 5.75 Å². The number of fused-ring (bicyclic) bond motifs is 1. The minimum absolute atomic E-state index is 0.526. The van der Waals surface area contributed by atoms with E-state index in [1.165, 1.54) is 16.5 Å². The van der Waals surface area contributed by atoms with Gasteiger partial charge in [0.25, 0.3) is 0 Å². The summed E-state index contributed by atoms with van der Waals surface area (Å²) in [5.74, 6) is 0.861. The number of nitrogens with one attached hydrogen (secondary N) is 2. The van der Waals surface area contributed by atoms with Crippen molar-refractivity contribution in [3.05, 3.63) is 88.5 Å². The van der Waals surface area contributed by atoms with Crippen molar-refractivity contribution in [1.29, 1.82) is 0 Å². The molecule has 6 heteroatoms. The first-order valence-electron chi connectivity index (χ1n) is 8.76. The van der Waals surface area contributed by atoms with Crippen molar-refractivity contribution in [1.82, 2.24) is 14.9 Å². The molecule has 0 unspecified atom stereocenters. The third-order valence-electron chi connectivity index (χ3n) is 4.62. The fourth-order valence-electron chi connectivity index (χ4n) is 3.09. The molecule has 0 radical (unpaired) electrons. The molecular weight excluding hydrogens is 356 g/mol. The predicted molar refractivity (Wildman–Crippen MR) is 110 cm³/mol. The highest BCUT2D eigenvalue weighted by atomic mass is 32.1. The summed E-state index contributed by atoms with van der Waals surface area (Å²) in [7, 11) is 0. The van der Waals surface area contributed by atoms with Gasteiger partial charge in [-0.05, 0) is 47.1 Å². The Balaban J connectivity index is 1.65. The fraction of sp³-hybridized carbons (Fsp3) is 0.143. The number of benzene rings is 3. The second-order valence-electron chi connectivity index (χ2n) is 6.34. The van der Waals surface area contributed by atoms with Gasteiger partial charge in [0.1, 0.15) is 18.7 Å². The summed E-state index contributed by atoms with van der Waals surface area (Å²) >= 11 is 5.21. The van der Waals surface area contributed by atoms with Crippen LogP contribution in [0.4, 0.5) is 0 Å². The van der Waals surface area contributed by atoms with Gasteiger partial charge in [0.05, 0.1) is 6.54 Å². The van der Waals surface area contributed by atoms with Gasteiger partial charge in [-0.25, -0.2) is 4.68 Å². The first-order valence-corrected chi connectivity index (χ1v) is 9.17. The summed E-state index contributed by atoms with van der Waals surface area (Å²) < 4.78 is 8.44. The largest absolute Gasteiger partial charge is 0.489 e. The second kappa shape index (κ2) is 7.63. The molecule has 136 valence electrons. The third kappa shape index (κ3) is 3.71. The normalized spacial score (nSPS) is 10.9. The van der Waals surface area contributed by atoms with Gasteiger partial charge < -0.3 is 10.2 Å². The lowest BCUT2D eigenvalue weighted by atomic mass is 10.0. The Kier molecular flexibility index (Phi) is 4.89. The van der Waals surface area contributed by atoms with Crippen LogP contribution in [0.15, 0.2) is 67.0 Å². The summed E-state index contributed by atoms with van der Waals surface area (Å²) in [5.41, 5.74) is 6.78. The number of aryl methyl sites for hydroxylation is 1. The predicted octanol–water partition coefficient (Wildman–Crippen LogP) is 4.73. The zero-order chi connectivity index (χ0) is 18.6. The SMILES string of the molecule is Cc1ccccc1COc1ccc2ccccc2c1CNn1cn[nH]c1=S. The Morgan fingerprint density at radius 3 is 2.70 bits per heavy atom. The number of H-pyrrole nitrogens is 1. The Bertz CT molecular complexity index is 1130. The standard InChI is InChI=1S/C21H20N4OS/c1-15-6-2-3-8-17(15)13-26-20-11-10-16-7-4-5-9-18(16)19(20)12-23-25-14-22-24-21(25)27/h2-11,14,23H,12-13H2,1H3,(H,24,27). The lowest BCUT2D eigenvalue weighted by molar-refractivity contribution is 0.303. The zero-order valence-corrected chi connectivity index (χ0v) is 15.8. The van der Waals surface area contributed by atoms with E-state index in [1.807, 2.05) is 30.3 Å². The maximum atomic E-state index is 6.21. The average molecular weight is 376 g/mol. The van der Waals surface area contributed by atoms with Crippen LogP contribution in [0.25, 0.3) is 10.8 Å². The van der Waals surface area contributed by atoms with Gasteiger partial charge in [-0.15, -0.1) is 0 Å². The van der Waals surface area contributed by atoms with Crippen LogP contribution in [0, 0.1) is 11.7 Å². The zero-order valence-electron chi connectivity index (χ0n) is 15.0. The van der Waals surface area contributed by atoms with Gasteiger partial charge in [0.15, 0.2) is 0 Å². The summed E-state index contributed by atoms with van der Waals surface area (Å²) in [6, 6.07) is 20.7. The van der Waals surface area contributed by atoms with Gasteiger partial charge in [-0.2, -0.15) is 5.10 Å². The van der Waals surface area contributed by atoms with Gasteiger partial charge >= 0.3 is 0 Å². The van der Waals surface area contributed by atoms with E-state index < -0.39 is 0 Å². The quantitative estimate of drug-likeness (QED) is 0.478. The van der Waals surface area contributed by atoms with Crippen LogP contribution in [0.1, 0.15) is 16.7 Å². The molecule has 2 N–H and O–H groups in total. The number of nitrogens with zero attached hydrogens (tertiary/aromatic N) is 2. The number of aromatic amines is 1. The smallest absolute Gasteiger partial charge is 0.214 e. The van der Waals surface area contributed by atoms with Gasteiger partial charge in [0.2, 0.25) is 4.77 Å². The van der Waals surface area contributed by atoms with Crippen molar-refractivity contribution < 1.29 is 4.74 Å². The average Bonchev–Trinajstić information content (AvgIpc) is 3.10. The Labute approximate surface area is 162 Å². The first kappa shape index (κ1) is 17.3. The number of hydrogen-bond acceptors (Lipinski definition) is 4. The molecule has 1 aromatic heterocycles. The van der Waals surface area contributed by atoms with Gasteiger partial charge in [0, 0.05) is 5.56 Å². The minimum atomic E-state index is 0.526. The molecule has 0 aliphatic rings. The number of hydrogen-bond donors (Lipinski definition) is 2. The van der Waals surface area contributed by atoms with E-state index in [1.54, 1.807) is 11.0 Å². The highest BCUT2D eigenvalue weighted by Gasteiger charge is 2.10. The number of aromatic nitrogens is 3. The topological polar surface area (TPSA) is 54.9 Å². The highest BCUT2D eigenvalue weighted by molar-refractivity contribution is 7.71. The Morgan fingerprint density at radius 1 is 1.07 bits per heavy atom. The molecule has 4 aromatic rings. The van der Waals surface area contributed by atoms with Crippen molar-refractivity contribution >= 4 is 23.0 Å². The molecular formula is C21H20N4OS. The molecule has 3 aromatic carbocycles.